The van der Waals surface area contributed by atoms with Gasteiger partial charge in [0.2, 0.25) is 0 Å². The third-order valence-electron chi connectivity index (χ3n) is 5.54. The van der Waals surface area contributed by atoms with E-state index in [9.17, 15) is 28.8 Å². The van der Waals surface area contributed by atoms with Gasteiger partial charge in [0.05, 0.1) is 12.7 Å². The lowest BCUT2D eigenvalue weighted by molar-refractivity contribution is -0.338. The topological polar surface area (TPSA) is 185 Å². The van der Waals surface area contributed by atoms with E-state index in [0.717, 1.165) is 41.5 Å². The Hall–Kier alpha value is -3.30. The third-order valence-corrected chi connectivity index (χ3v) is 5.54. The second kappa shape index (κ2) is 14.2. The standard InChI is InChI=1S/C24H34O15/c1-10-19(34-13(4)27)20(17(8-31-10)33-12(3)26)39-24-23(37-16(7)30)22(36-15(6)29)21(35-14(5)28)18(38-24)9-32-11(2)25/h10,17-24H,8-9H2,1-7H3/t10?,17?,18?,19-,20?,21+,22?,23?,24+/m0/s1. The fourth-order valence-corrected chi connectivity index (χ4v) is 4.20. The second-order valence-corrected chi connectivity index (χ2v) is 8.93. The van der Waals surface area contributed by atoms with Crippen molar-refractivity contribution >= 4 is 35.8 Å². The van der Waals surface area contributed by atoms with E-state index in [1.54, 1.807) is 6.92 Å². The number of ether oxygens (including phenoxy) is 9. The number of carbonyl (C=O) groups excluding carboxylic acids is 6. The molecule has 0 bridgehead atoms. The first-order valence-electron chi connectivity index (χ1n) is 12.1. The maximum absolute atomic E-state index is 12.1. The largest absolute Gasteiger partial charge is 0.463 e. The van der Waals surface area contributed by atoms with Crippen LogP contribution in [-0.2, 0) is 71.4 Å². The molecule has 2 aliphatic rings. The molecule has 39 heavy (non-hydrogen) atoms. The van der Waals surface area contributed by atoms with Crippen molar-refractivity contribution in [3.8, 4) is 0 Å². The molecule has 0 saturated carbocycles. The molecule has 0 amide bonds. The van der Waals surface area contributed by atoms with Crippen molar-refractivity contribution in [2.45, 2.75) is 104 Å². The summed E-state index contributed by atoms with van der Waals surface area (Å²) in [4.78, 5) is 71.2. The molecule has 0 radical (unpaired) electrons. The normalized spacial score (nSPS) is 32.2. The van der Waals surface area contributed by atoms with E-state index in [1.165, 1.54) is 0 Å². The van der Waals surface area contributed by atoms with Gasteiger partial charge in [-0.05, 0) is 6.92 Å². The highest BCUT2D eigenvalue weighted by atomic mass is 16.8. The fourth-order valence-electron chi connectivity index (χ4n) is 4.20. The number of esters is 6. The van der Waals surface area contributed by atoms with E-state index in [-0.39, 0.29) is 6.61 Å². The molecule has 220 valence electrons. The summed E-state index contributed by atoms with van der Waals surface area (Å²) in [5, 5.41) is 0. The minimum atomic E-state index is -1.59. The van der Waals surface area contributed by atoms with E-state index in [0.29, 0.717) is 0 Å². The summed E-state index contributed by atoms with van der Waals surface area (Å²) in [5.74, 6) is -4.51. The van der Waals surface area contributed by atoms with Gasteiger partial charge in [0.15, 0.2) is 36.8 Å². The first-order valence-corrected chi connectivity index (χ1v) is 12.1. The average molecular weight is 563 g/mol. The molecule has 0 aromatic carbocycles. The van der Waals surface area contributed by atoms with Crippen molar-refractivity contribution in [3.05, 3.63) is 0 Å². The van der Waals surface area contributed by atoms with Crippen LogP contribution in [0.5, 0.6) is 0 Å². The predicted octanol–water partition coefficient (Wildman–Crippen LogP) is -0.263. The van der Waals surface area contributed by atoms with Gasteiger partial charge >= 0.3 is 35.8 Å². The highest BCUT2D eigenvalue weighted by Crippen LogP contribution is 2.33. The van der Waals surface area contributed by atoms with Crippen LogP contribution in [0.2, 0.25) is 0 Å². The molecule has 0 aromatic heterocycles. The van der Waals surface area contributed by atoms with Gasteiger partial charge in [0.1, 0.15) is 18.8 Å². The molecule has 9 atom stereocenters. The molecule has 0 aliphatic carbocycles. The maximum Gasteiger partial charge on any atom is 0.303 e. The zero-order valence-electron chi connectivity index (χ0n) is 22.7. The first-order chi connectivity index (χ1) is 18.2. The van der Waals surface area contributed by atoms with E-state index in [2.05, 4.69) is 0 Å². The molecule has 2 rings (SSSR count). The minimum Gasteiger partial charge on any atom is -0.463 e. The minimum absolute atomic E-state index is 0.144. The molecule has 15 nitrogen and oxygen atoms in total. The van der Waals surface area contributed by atoms with Crippen molar-refractivity contribution in [2.75, 3.05) is 13.2 Å². The number of hydrogen-bond acceptors (Lipinski definition) is 15. The first kappa shape index (κ1) is 31.9. The lowest BCUT2D eigenvalue weighted by Crippen LogP contribution is -2.65. The van der Waals surface area contributed by atoms with Gasteiger partial charge in [-0.15, -0.1) is 0 Å². The van der Waals surface area contributed by atoms with Gasteiger partial charge in [-0.3, -0.25) is 28.8 Å². The van der Waals surface area contributed by atoms with Crippen LogP contribution in [0, 0.1) is 0 Å². The van der Waals surface area contributed by atoms with Gasteiger partial charge in [-0.1, -0.05) is 0 Å². The fraction of sp³-hybridized carbons (Fsp3) is 0.750. The molecule has 0 N–H and O–H groups in total. The van der Waals surface area contributed by atoms with Crippen LogP contribution in [0.25, 0.3) is 0 Å². The van der Waals surface area contributed by atoms with Gasteiger partial charge < -0.3 is 42.6 Å². The summed E-state index contributed by atoms with van der Waals surface area (Å²) in [6.07, 6.45) is -11.4. The molecule has 6 unspecified atom stereocenters. The van der Waals surface area contributed by atoms with Crippen molar-refractivity contribution in [3.63, 3.8) is 0 Å². The van der Waals surface area contributed by atoms with Crippen LogP contribution in [-0.4, -0.2) is 104 Å². The maximum atomic E-state index is 12.1. The Morgan fingerprint density at radius 3 is 1.62 bits per heavy atom. The zero-order valence-corrected chi connectivity index (χ0v) is 22.7. The quantitative estimate of drug-likeness (QED) is 0.264. The number of carbonyl (C=O) groups is 6. The number of rotatable bonds is 9. The monoisotopic (exact) mass is 562 g/mol. The molecule has 2 heterocycles. The van der Waals surface area contributed by atoms with E-state index in [1.807, 2.05) is 0 Å². The Morgan fingerprint density at radius 2 is 1.10 bits per heavy atom. The molecular weight excluding hydrogens is 528 g/mol. The average Bonchev–Trinajstić information content (AvgIpc) is 2.79. The smallest absolute Gasteiger partial charge is 0.303 e. The van der Waals surface area contributed by atoms with E-state index >= 15 is 0 Å². The van der Waals surface area contributed by atoms with Gasteiger partial charge in [0, 0.05) is 41.5 Å². The van der Waals surface area contributed by atoms with Crippen LogP contribution < -0.4 is 0 Å². The van der Waals surface area contributed by atoms with Crippen LogP contribution >= 0.6 is 0 Å². The van der Waals surface area contributed by atoms with E-state index < -0.39 is 97.5 Å². The van der Waals surface area contributed by atoms with Crippen molar-refractivity contribution in [2.24, 2.45) is 0 Å². The number of hydrogen-bond donors (Lipinski definition) is 0. The predicted molar refractivity (Wildman–Crippen MR) is 123 cm³/mol. The van der Waals surface area contributed by atoms with Gasteiger partial charge in [0.25, 0.3) is 0 Å². The molecule has 2 saturated heterocycles. The summed E-state index contributed by atoms with van der Waals surface area (Å²) in [7, 11) is 0. The summed E-state index contributed by atoms with van der Waals surface area (Å²) in [6, 6.07) is 0. The summed E-state index contributed by atoms with van der Waals surface area (Å²) in [5.41, 5.74) is 0. The molecule has 2 aliphatic heterocycles. The van der Waals surface area contributed by atoms with E-state index in [4.69, 9.17) is 42.6 Å². The van der Waals surface area contributed by atoms with Crippen LogP contribution in [0.4, 0.5) is 0 Å². The third kappa shape index (κ3) is 9.44. The lowest BCUT2D eigenvalue weighted by atomic mass is 9.96. The highest BCUT2D eigenvalue weighted by Gasteiger charge is 2.55. The molecule has 0 spiro atoms. The highest BCUT2D eigenvalue weighted by molar-refractivity contribution is 5.69. The van der Waals surface area contributed by atoms with Crippen LogP contribution in [0.1, 0.15) is 48.5 Å². The van der Waals surface area contributed by atoms with Crippen LogP contribution in [0.3, 0.4) is 0 Å². The van der Waals surface area contributed by atoms with Gasteiger partial charge in [-0.2, -0.15) is 0 Å². The summed E-state index contributed by atoms with van der Waals surface area (Å²) < 4.78 is 49.6. The Labute approximate surface area is 224 Å². The van der Waals surface area contributed by atoms with Crippen LogP contribution in [0.15, 0.2) is 0 Å². The Bertz CT molecular complexity index is 932. The Morgan fingerprint density at radius 1 is 0.615 bits per heavy atom. The SMILES string of the molecule is CC(=O)OCC1O[C@H](OC2C(OC(C)=O)COC(C)[C@@H]2OC(C)=O)C(OC(C)=O)C(OC(C)=O)[C@@H]1OC(C)=O. The summed E-state index contributed by atoms with van der Waals surface area (Å²) in [6.45, 7) is 7.69. The molecule has 0 aromatic rings. The summed E-state index contributed by atoms with van der Waals surface area (Å²) >= 11 is 0. The Balaban J connectivity index is 2.56. The van der Waals surface area contributed by atoms with Crippen molar-refractivity contribution in [1.82, 2.24) is 0 Å². The molecule has 15 heteroatoms. The second-order valence-electron chi connectivity index (χ2n) is 8.93. The molecule has 2 fully saturated rings. The lowest BCUT2D eigenvalue weighted by Gasteiger charge is -2.47. The van der Waals surface area contributed by atoms with Crippen molar-refractivity contribution < 1.29 is 71.4 Å². The molecular formula is C24H34O15. The van der Waals surface area contributed by atoms with Crippen molar-refractivity contribution in [1.29, 1.82) is 0 Å². The van der Waals surface area contributed by atoms with Gasteiger partial charge in [-0.25, -0.2) is 0 Å². The Kier molecular flexibility index (Phi) is 11.6. The zero-order chi connectivity index (χ0) is 29.4.